The van der Waals surface area contributed by atoms with Crippen LogP contribution in [0.15, 0.2) is 24.4 Å². The highest BCUT2D eigenvalue weighted by Gasteiger charge is 2.39. The third kappa shape index (κ3) is 5.32. The normalized spacial score (nSPS) is 17.9. The highest BCUT2D eigenvalue weighted by molar-refractivity contribution is 6.31. The van der Waals surface area contributed by atoms with Crippen molar-refractivity contribution >= 4 is 23.5 Å². The van der Waals surface area contributed by atoms with Gasteiger partial charge in [-0.2, -0.15) is 26.3 Å². The van der Waals surface area contributed by atoms with Crippen LogP contribution in [0.1, 0.15) is 35.6 Å². The summed E-state index contributed by atoms with van der Waals surface area (Å²) in [6.45, 7) is 1.54. The average Bonchev–Trinajstić information content (AvgIpc) is 2.72. The lowest BCUT2D eigenvalue weighted by Crippen LogP contribution is -2.58. The molecule has 7 nitrogen and oxygen atoms in total. The molecule has 0 radical (unpaired) electrons. The van der Waals surface area contributed by atoms with Crippen LogP contribution in [0.3, 0.4) is 0 Å². The first-order chi connectivity index (χ1) is 15.7. The zero-order valence-corrected chi connectivity index (χ0v) is 17.8. The quantitative estimate of drug-likeness (QED) is 0.609. The number of nitrogens with one attached hydrogen (secondary N) is 2. The molecule has 0 bridgehead atoms. The molecule has 1 unspecified atom stereocenters. The summed E-state index contributed by atoms with van der Waals surface area (Å²) < 4.78 is 92.4. The zero-order chi connectivity index (χ0) is 25.4. The van der Waals surface area contributed by atoms with Crippen molar-refractivity contribution in [2.24, 2.45) is 0 Å². The predicted octanol–water partition coefficient (Wildman–Crippen LogP) is 3.93. The van der Waals surface area contributed by atoms with Crippen LogP contribution in [0, 0.1) is 5.82 Å². The summed E-state index contributed by atoms with van der Waals surface area (Å²) in [6.07, 6.45) is -9.45. The maximum absolute atomic E-state index is 13.7. The molecule has 0 aliphatic carbocycles. The number of urea groups is 1. The molecule has 3 amide bonds. The van der Waals surface area contributed by atoms with Crippen LogP contribution in [-0.2, 0) is 17.1 Å². The van der Waals surface area contributed by atoms with E-state index in [4.69, 9.17) is 11.6 Å². The van der Waals surface area contributed by atoms with Gasteiger partial charge in [-0.3, -0.25) is 4.79 Å². The van der Waals surface area contributed by atoms with Crippen LogP contribution >= 0.6 is 11.6 Å². The second-order valence-corrected chi connectivity index (χ2v) is 7.61. The van der Waals surface area contributed by atoms with Gasteiger partial charge >= 0.3 is 18.4 Å². The molecule has 1 aliphatic heterocycles. The number of nitrogens with zero attached hydrogens (tertiary/aromatic N) is 3. The number of pyridine rings is 2. The number of amides is 3. The van der Waals surface area contributed by atoms with Gasteiger partial charge in [0, 0.05) is 24.8 Å². The predicted molar refractivity (Wildman–Crippen MR) is 103 cm³/mol. The maximum atomic E-state index is 13.7. The van der Waals surface area contributed by atoms with Crippen LogP contribution in [0.2, 0.25) is 5.02 Å². The van der Waals surface area contributed by atoms with Crippen LogP contribution in [0.5, 0.6) is 0 Å². The molecule has 15 heteroatoms. The molecule has 0 spiro atoms. The Labute approximate surface area is 192 Å². The van der Waals surface area contributed by atoms with E-state index in [0.29, 0.717) is 12.3 Å². The smallest absolute Gasteiger partial charge is 0.353 e. The third-order valence-electron chi connectivity index (χ3n) is 4.92. The Morgan fingerprint density at radius 1 is 1.21 bits per heavy atom. The van der Waals surface area contributed by atoms with E-state index in [1.165, 1.54) is 6.92 Å². The summed E-state index contributed by atoms with van der Waals surface area (Å²) in [5.41, 5.74) is -4.14. The highest BCUT2D eigenvalue weighted by atomic mass is 35.5. The van der Waals surface area contributed by atoms with Crippen molar-refractivity contribution in [3.8, 4) is 0 Å². The van der Waals surface area contributed by atoms with Crippen molar-refractivity contribution in [1.29, 1.82) is 0 Å². The van der Waals surface area contributed by atoms with E-state index in [9.17, 15) is 40.3 Å². The Kier molecular flexibility index (Phi) is 6.92. The number of carbonyl (C=O) groups is 2. The lowest BCUT2D eigenvalue weighted by molar-refractivity contribution is -0.144. The standard InChI is InChI=1S/C19H15ClF7N5O2/c1-8-16(33)28-4-5-32(8)17(34)31-13(9-6-10(20)14(29-7-9)18(22,23)24)12-3-2-11(21)15(30-12)19(25,26)27/h2-3,6-8,13H,4-5H2,1H3,(H,28,33)(H,31,34)/t8-,13?/m1/s1. The van der Waals surface area contributed by atoms with Crippen LogP contribution < -0.4 is 10.6 Å². The maximum Gasteiger partial charge on any atom is 0.436 e. The fourth-order valence-corrected chi connectivity index (χ4v) is 3.51. The lowest BCUT2D eigenvalue weighted by Gasteiger charge is -2.34. The second-order valence-electron chi connectivity index (χ2n) is 7.20. The molecular weight excluding hydrogens is 499 g/mol. The van der Waals surface area contributed by atoms with Gasteiger partial charge in [-0.15, -0.1) is 0 Å². The summed E-state index contributed by atoms with van der Waals surface area (Å²) in [4.78, 5) is 32.2. The summed E-state index contributed by atoms with van der Waals surface area (Å²) >= 11 is 5.68. The average molecular weight is 514 g/mol. The molecule has 0 aromatic carbocycles. The minimum atomic E-state index is -5.19. The molecule has 1 saturated heterocycles. The third-order valence-corrected chi connectivity index (χ3v) is 5.21. The Morgan fingerprint density at radius 3 is 2.44 bits per heavy atom. The van der Waals surface area contributed by atoms with Crippen LogP contribution in [0.25, 0.3) is 0 Å². The van der Waals surface area contributed by atoms with Gasteiger partial charge in [0.1, 0.15) is 6.04 Å². The highest BCUT2D eigenvalue weighted by Crippen LogP contribution is 2.36. The molecule has 1 aliphatic rings. The Morgan fingerprint density at radius 2 is 1.85 bits per heavy atom. The Balaban J connectivity index is 2.07. The first kappa shape index (κ1) is 25.5. The van der Waals surface area contributed by atoms with E-state index in [1.807, 2.05) is 0 Å². The Hall–Kier alpha value is -3.16. The van der Waals surface area contributed by atoms with Gasteiger partial charge in [0.05, 0.1) is 16.8 Å². The van der Waals surface area contributed by atoms with E-state index < -0.39 is 64.3 Å². The molecule has 34 heavy (non-hydrogen) atoms. The van der Waals surface area contributed by atoms with Crippen LogP contribution in [-0.4, -0.2) is 45.9 Å². The summed E-state index contributed by atoms with van der Waals surface area (Å²) in [7, 11) is 0. The minimum absolute atomic E-state index is 0.0438. The molecule has 2 aromatic rings. The SMILES string of the molecule is C[C@@H]1C(=O)NCCN1C(=O)NC(c1cnc(C(F)(F)F)c(Cl)c1)c1ccc(F)c(C(F)(F)F)n1. The molecular formula is C19H15ClF7N5O2. The fourth-order valence-electron chi connectivity index (χ4n) is 3.23. The number of aromatic nitrogens is 2. The van der Waals surface area contributed by atoms with E-state index in [0.717, 1.165) is 17.0 Å². The first-order valence-corrected chi connectivity index (χ1v) is 9.89. The second kappa shape index (κ2) is 9.24. The van der Waals surface area contributed by atoms with Crippen molar-refractivity contribution in [2.75, 3.05) is 13.1 Å². The molecule has 184 valence electrons. The molecule has 1 fully saturated rings. The van der Waals surface area contributed by atoms with E-state index in [2.05, 4.69) is 20.6 Å². The van der Waals surface area contributed by atoms with Gasteiger partial charge in [0.15, 0.2) is 17.2 Å². The van der Waals surface area contributed by atoms with E-state index in [1.54, 1.807) is 0 Å². The monoisotopic (exact) mass is 513 g/mol. The summed E-state index contributed by atoms with van der Waals surface area (Å²) in [6, 6.07) is -1.45. The number of halogens is 8. The largest absolute Gasteiger partial charge is 0.436 e. The molecule has 3 heterocycles. The first-order valence-electron chi connectivity index (χ1n) is 9.51. The minimum Gasteiger partial charge on any atom is -0.353 e. The molecule has 2 aromatic heterocycles. The van der Waals surface area contributed by atoms with Gasteiger partial charge in [-0.25, -0.2) is 19.2 Å². The number of alkyl halides is 6. The van der Waals surface area contributed by atoms with Crippen LogP contribution in [0.4, 0.5) is 35.5 Å². The number of carbonyl (C=O) groups excluding carboxylic acids is 2. The van der Waals surface area contributed by atoms with Gasteiger partial charge in [-0.05, 0) is 25.1 Å². The van der Waals surface area contributed by atoms with E-state index >= 15 is 0 Å². The number of rotatable bonds is 3. The molecule has 3 rings (SSSR count). The van der Waals surface area contributed by atoms with Crippen molar-refractivity contribution in [3.05, 3.63) is 57.9 Å². The summed E-state index contributed by atoms with van der Waals surface area (Å²) in [5.74, 6) is -2.18. The lowest BCUT2D eigenvalue weighted by atomic mass is 10.0. The number of hydrogen-bond donors (Lipinski definition) is 2. The van der Waals surface area contributed by atoms with Gasteiger partial charge < -0.3 is 15.5 Å². The number of piperazine rings is 1. The van der Waals surface area contributed by atoms with Gasteiger partial charge in [-0.1, -0.05) is 11.6 Å². The van der Waals surface area contributed by atoms with Crippen molar-refractivity contribution < 1.29 is 40.3 Å². The number of hydrogen-bond acceptors (Lipinski definition) is 4. The van der Waals surface area contributed by atoms with Crippen molar-refractivity contribution in [2.45, 2.75) is 31.4 Å². The summed E-state index contributed by atoms with van der Waals surface area (Å²) in [5, 5.41) is 3.97. The van der Waals surface area contributed by atoms with Gasteiger partial charge in [0.2, 0.25) is 5.91 Å². The zero-order valence-electron chi connectivity index (χ0n) is 17.1. The molecule has 0 saturated carbocycles. The fraction of sp³-hybridized carbons (Fsp3) is 0.368. The Bertz CT molecular complexity index is 1110. The van der Waals surface area contributed by atoms with E-state index in [-0.39, 0.29) is 18.7 Å². The molecule has 2 atom stereocenters. The topological polar surface area (TPSA) is 87.2 Å². The van der Waals surface area contributed by atoms with Crippen molar-refractivity contribution in [3.63, 3.8) is 0 Å². The van der Waals surface area contributed by atoms with Crippen molar-refractivity contribution in [1.82, 2.24) is 25.5 Å². The van der Waals surface area contributed by atoms with Gasteiger partial charge in [0.25, 0.3) is 0 Å². The molecule has 2 N–H and O–H groups in total.